The van der Waals surface area contributed by atoms with E-state index in [0.29, 0.717) is 5.56 Å². The molecule has 0 saturated heterocycles. The van der Waals surface area contributed by atoms with Crippen LogP contribution in [0.1, 0.15) is 19.4 Å². The van der Waals surface area contributed by atoms with E-state index in [2.05, 4.69) is 84.4 Å². The molecule has 0 aliphatic heterocycles. The van der Waals surface area contributed by atoms with Crippen LogP contribution < -0.4 is 4.90 Å². The number of rotatable bonds is 5. The Labute approximate surface area is 187 Å². The van der Waals surface area contributed by atoms with Gasteiger partial charge in [-0.05, 0) is 72.8 Å². The van der Waals surface area contributed by atoms with Gasteiger partial charge in [-0.2, -0.15) is 5.26 Å². The van der Waals surface area contributed by atoms with E-state index in [1.165, 1.54) is 22.2 Å². The van der Waals surface area contributed by atoms with E-state index >= 15 is 0 Å². The largest absolute Gasteiger partial charge is 0.372 e. The van der Waals surface area contributed by atoms with E-state index in [0.717, 1.165) is 40.9 Å². The van der Waals surface area contributed by atoms with Gasteiger partial charge in [0.15, 0.2) is 0 Å². The lowest BCUT2D eigenvalue weighted by atomic mass is 9.97. The first-order valence-electron chi connectivity index (χ1n) is 11.0. The van der Waals surface area contributed by atoms with Gasteiger partial charge in [-0.3, -0.25) is 0 Å². The lowest BCUT2D eigenvalue weighted by Crippen LogP contribution is -2.21. The first-order chi connectivity index (χ1) is 15.7. The lowest BCUT2D eigenvalue weighted by Gasteiger charge is -2.21. The molecule has 0 radical (unpaired) electrons. The van der Waals surface area contributed by atoms with Crippen molar-refractivity contribution in [1.29, 1.82) is 5.26 Å². The van der Waals surface area contributed by atoms with Crippen LogP contribution >= 0.6 is 0 Å². The zero-order valence-corrected chi connectivity index (χ0v) is 18.3. The molecule has 4 nitrogen and oxygen atoms in total. The Morgan fingerprint density at radius 3 is 2.16 bits per heavy atom. The minimum absolute atomic E-state index is 0.644. The zero-order chi connectivity index (χ0) is 22.1. The van der Waals surface area contributed by atoms with Crippen LogP contribution in [0.25, 0.3) is 44.3 Å². The van der Waals surface area contributed by atoms with Gasteiger partial charge in [0.2, 0.25) is 0 Å². The molecule has 0 fully saturated rings. The number of hydrogen-bond donors (Lipinski definition) is 1. The molecule has 0 aliphatic rings. The molecule has 0 aliphatic carbocycles. The van der Waals surface area contributed by atoms with Gasteiger partial charge in [-0.25, -0.2) is 4.98 Å². The molecule has 32 heavy (non-hydrogen) atoms. The van der Waals surface area contributed by atoms with Gasteiger partial charge in [0, 0.05) is 29.7 Å². The van der Waals surface area contributed by atoms with Crippen LogP contribution in [0.3, 0.4) is 0 Å². The van der Waals surface area contributed by atoms with E-state index in [1.807, 2.05) is 24.3 Å². The number of nitrogens with zero attached hydrogens (tertiary/aromatic N) is 3. The van der Waals surface area contributed by atoms with Crippen molar-refractivity contribution in [2.24, 2.45) is 0 Å². The molecule has 5 aromatic rings. The molecular formula is C28H24N4. The fourth-order valence-corrected chi connectivity index (χ4v) is 4.36. The van der Waals surface area contributed by atoms with Crippen molar-refractivity contribution >= 4 is 27.5 Å². The van der Waals surface area contributed by atoms with Crippen LogP contribution in [-0.2, 0) is 0 Å². The molecule has 0 unspecified atom stereocenters. The van der Waals surface area contributed by atoms with Gasteiger partial charge in [0.25, 0.3) is 0 Å². The van der Waals surface area contributed by atoms with Crippen LogP contribution in [0.2, 0.25) is 0 Å². The van der Waals surface area contributed by atoms with Crippen molar-refractivity contribution in [3.63, 3.8) is 0 Å². The number of nitrogens with one attached hydrogen (secondary N) is 1. The number of H-pyrrole nitrogens is 1. The number of fused-ring (bicyclic) bond motifs is 3. The molecule has 4 heteroatoms. The van der Waals surface area contributed by atoms with Gasteiger partial charge >= 0.3 is 0 Å². The van der Waals surface area contributed by atoms with Crippen molar-refractivity contribution < 1.29 is 0 Å². The van der Waals surface area contributed by atoms with Crippen LogP contribution in [-0.4, -0.2) is 23.1 Å². The summed E-state index contributed by atoms with van der Waals surface area (Å²) in [6.45, 7) is 6.36. The minimum Gasteiger partial charge on any atom is -0.372 e. The highest BCUT2D eigenvalue weighted by Crippen LogP contribution is 2.35. The Bertz CT molecular complexity index is 1430. The first kappa shape index (κ1) is 19.8. The second kappa shape index (κ2) is 8.20. The summed E-state index contributed by atoms with van der Waals surface area (Å²) < 4.78 is 0. The van der Waals surface area contributed by atoms with Crippen molar-refractivity contribution in [1.82, 2.24) is 9.97 Å². The van der Waals surface area contributed by atoms with Crippen LogP contribution in [0.15, 0.2) is 78.9 Å². The monoisotopic (exact) mass is 416 g/mol. The van der Waals surface area contributed by atoms with Gasteiger partial charge in [-0.1, -0.05) is 36.4 Å². The molecule has 5 rings (SSSR count). The molecular weight excluding hydrogens is 392 g/mol. The van der Waals surface area contributed by atoms with E-state index in [1.54, 1.807) is 0 Å². The Kier molecular flexibility index (Phi) is 5.09. The van der Waals surface area contributed by atoms with Crippen molar-refractivity contribution in [2.45, 2.75) is 13.8 Å². The Hall–Kier alpha value is -4.10. The van der Waals surface area contributed by atoms with E-state index in [4.69, 9.17) is 10.2 Å². The molecule has 0 saturated carbocycles. The van der Waals surface area contributed by atoms with Crippen molar-refractivity contribution in [2.75, 3.05) is 18.0 Å². The summed E-state index contributed by atoms with van der Waals surface area (Å²) >= 11 is 0. The Balaban J connectivity index is 1.65. The van der Waals surface area contributed by atoms with Crippen LogP contribution in [0.5, 0.6) is 0 Å². The summed E-state index contributed by atoms with van der Waals surface area (Å²) in [5, 5.41) is 11.4. The van der Waals surface area contributed by atoms with Crippen molar-refractivity contribution in [3.05, 3.63) is 84.4 Å². The van der Waals surface area contributed by atoms with Gasteiger partial charge < -0.3 is 9.88 Å². The predicted octanol–water partition coefficient (Wildman–Crippen LogP) is 6.77. The molecule has 0 amide bonds. The summed E-state index contributed by atoms with van der Waals surface area (Å²) in [5.41, 5.74) is 7.20. The average molecular weight is 417 g/mol. The standard InChI is InChI=1S/C28H24N4/c1-3-32(4-2)22-15-13-20(14-16-22)25-17-26-27(24-8-6-5-7-23(24)25)31-28(30-26)21-11-9-19(18-29)10-12-21/h5-17H,3-4H2,1-2H3,(H,30,31). The highest BCUT2D eigenvalue weighted by molar-refractivity contribution is 6.11. The molecule has 1 heterocycles. The number of imidazole rings is 1. The molecule has 156 valence electrons. The molecule has 0 atom stereocenters. The average Bonchev–Trinajstić information content (AvgIpc) is 3.29. The highest BCUT2D eigenvalue weighted by atomic mass is 15.1. The lowest BCUT2D eigenvalue weighted by molar-refractivity contribution is 0.866. The van der Waals surface area contributed by atoms with Crippen LogP contribution in [0, 0.1) is 11.3 Å². The number of hydrogen-bond acceptors (Lipinski definition) is 3. The SMILES string of the molecule is CCN(CC)c1ccc(-c2cc3[nH]c(-c4ccc(C#N)cc4)nc3c3ccccc23)cc1. The second-order valence-corrected chi connectivity index (χ2v) is 7.86. The predicted molar refractivity (Wildman–Crippen MR) is 133 cm³/mol. The first-order valence-corrected chi connectivity index (χ1v) is 11.0. The minimum atomic E-state index is 0.644. The Morgan fingerprint density at radius 2 is 1.50 bits per heavy atom. The molecule has 0 bridgehead atoms. The summed E-state index contributed by atoms with van der Waals surface area (Å²) in [6.07, 6.45) is 0. The summed E-state index contributed by atoms with van der Waals surface area (Å²) in [4.78, 5) is 10.8. The number of aromatic nitrogens is 2. The topological polar surface area (TPSA) is 55.7 Å². The maximum absolute atomic E-state index is 9.07. The number of anilines is 1. The third-order valence-electron chi connectivity index (χ3n) is 6.09. The number of nitriles is 1. The summed E-state index contributed by atoms with van der Waals surface area (Å²) in [5.74, 6) is 0.809. The van der Waals surface area contributed by atoms with E-state index in [9.17, 15) is 0 Å². The Morgan fingerprint density at radius 1 is 0.844 bits per heavy atom. The fraction of sp³-hybridized carbons (Fsp3) is 0.143. The smallest absolute Gasteiger partial charge is 0.138 e. The maximum Gasteiger partial charge on any atom is 0.138 e. The zero-order valence-electron chi connectivity index (χ0n) is 18.3. The quantitative estimate of drug-likeness (QED) is 0.344. The van der Waals surface area contributed by atoms with Crippen LogP contribution in [0.4, 0.5) is 5.69 Å². The number of aromatic amines is 1. The molecule has 1 N–H and O–H groups in total. The molecule has 4 aromatic carbocycles. The van der Waals surface area contributed by atoms with Gasteiger partial charge in [0.1, 0.15) is 5.82 Å². The number of benzene rings is 4. The fourth-order valence-electron chi connectivity index (χ4n) is 4.36. The van der Waals surface area contributed by atoms with E-state index < -0.39 is 0 Å². The normalized spacial score (nSPS) is 11.0. The highest BCUT2D eigenvalue weighted by Gasteiger charge is 2.13. The third kappa shape index (κ3) is 3.38. The van der Waals surface area contributed by atoms with E-state index in [-0.39, 0.29) is 0 Å². The maximum atomic E-state index is 9.07. The molecule has 0 spiro atoms. The molecule has 1 aromatic heterocycles. The summed E-state index contributed by atoms with van der Waals surface area (Å²) in [6, 6.07) is 29.1. The third-order valence-corrected chi connectivity index (χ3v) is 6.09. The van der Waals surface area contributed by atoms with Crippen molar-refractivity contribution in [3.8, 4) is 28.6 Å². The van der Waals surface area contributed by atoms with Gasteiger partial charge in [-0.15, -0.1) is 0 Å². The summed E-state index contributed by atoms with van der Waals surface area (Å²) in [7, 11) is 0. The second-order valence-electron chi connectivity index (χ2n) is 7.86. The van der Waals surface area contributed by atoms with Gasteiger partial charge in [0.05, 0.1) is 22.7 Å².